The second kappa shape index (κ2) is 27.8. The van der Waals surface area contributed by atoms with Crippen LogP contribution in [-0.4, -0.2) is 121 Å². The number of rotatable bonds is 31. The highest BCUT2D eigenvalue weighted by Crippen LogP contribution is 2.21. The Morgan fingerprint density at radius 1 is 0.702 bits per heavy atom. The van der Waals surface area contributed by atoms with E-state index in [1.165, 1.54) is 36.7 Å². The molecule has 0 saturated heterocycles. The summed E-state index contributed by atoms with van der Waals surface area (Å²) < 4.78 is 15.7. The summed E-state index contributed by atoms with van der Waals surface area (Å²) in [6, 6.07) is 2.23. The molecule has 7 N–H and O–H groups in total. The predicted octanol–water partition coefficient (Wildman–Crippen LogP) is 1.42. The van der Waals surface area contributed by atoms with Crippen molar-refractivity contribution >= 4 is 46.9 Å². The molecule has 57 heavy (non-hydrogen) atoms. The van der Waals surface area contributed by atoms with Crippen LogP contribution in [0.25, 0.3) is 0 Å². The van der Waals surface area contributed by atoms with Crippen LogP contribution in [0.3, 0.4) is 0 Å². The number of phenolic OH excluding ortho intramolecular Hbond substituents is 1. The first-order chi connectivity index (χ1) is 27.0. The van der Waals surface area contributed by atoms with Gasteiger partial charge < -0.3 is 40.4 Å². The maximum absolute atomic E-state index is 14.0. The van der Waals surface area contributed by atoms with Gasteiger partial charge in [0, 0.05) is 58.2 Å². The number of aliphatic carboxylic acids is 1. The van der Waals surface area contributed by atoms with Crippen molar-refractivity contribution in [3.8, 4) is 5.75 Å². The summed E-state index contributed by atoms with van der Waals surface area (Å²) in [6.45, 7) is 8.10. The summed E-state index contributed by atoms with van der Waals surface area (Å²) >= 11 is 0. The fourth-order valence-corrected chi connectivity index (χ4v) is 5.82. The third kappa shape index (κ3) is 21.9. The Morgan fingerprint density at radius 2 is 1.28 bits per heavy atom. The summed E-state index contributed by atoms with van der Waals surface area (Å²) in [4.78, 5) is 103. The van der Waals surface area contributed by atoms with Crippen molar-refractivity contribution in [3.63, 3.8) is 0 Å². The fraction of sp³-hybridized carbons (Fsp3) is 0.641. The molecule has 0 aliphatic carbocycles. The fourth-order valence-electron chi connectivity index (χ4n) is 5.82. The van der Waals surface area contributed by atoms with Crippen LogP contribution >= 0.6 is 0 Å². The number of Topliss-reactive ketones (excluding diaryl/α,β-unsaturated/α-hetero) is 3. The molecule has 0 aromatic heterocycles. The summed E-state index contributed by atoms with van der Waals surface area (Å²) in [5.41, 5.74) is 2.01. The molecule has 0 radical (unpaired) electrons. The van der Waals surface area contributed by atoms with Gasteiger partial charge in [0.15, 0.2) is 17.3 Å². The number of hydroxylamine groups is 1. The van der Waals surface area contributed by atoms with Crippen molar-refractivity contribution in [3.05, 3.63) is 29.8 Å². The Kier molecular flexibility index (Phi) is 24.5. The summed E-state index contributed by atoms with van der Waals surface area (Å²) in [5, 5.41) is 35.8. The number of methoxy groups -OCH3 is 1. The molecular weight excluding hydrogens is 748 g/mol. The number of carboxylic acids is 1. The predicted molar refractivity (Wildman–Crippen MR) is 204 cm³/mol. The zero-order valence-electron chi connectivity index (χ0n) is 33.5. The summed E-state index contributed by atoms with van der Waals surface area (Å²) in [6.07, 6.45) is -1.64. The van der Waals surface area contributed by atoms with E-state index in [9.17, 15) is 48.6 Å². The van der Waals surface area contributed by atoms with Gasteiger partial charge in [-0.25, -0.2) is 5.48 Å². The van der Waals surface area contributed by atoms with Gasteiger partial charge in [-0.2, -0.15) is 0 Å². The quantitative estimate of drug-likeness (QED) is 0.0318. The minimum atomic E-state index is -1.38. The lowest BCUT2D eigenvalue weighted by atomic mass is 9.87. The molecule has 320 valence electrons. The monoisotopic (exact) mass is 808 g/mol. The van der Waals surface area contributed by atoms with Crippen LogP contribution in [0, 0.1) is 17.8 Å². The van der Waals surface area contributed by atoms with Gasteiger partial charge in [0.1, 0.15) is 5.75 Å². The third-order valence-electron chi connectivity index (χ3n) is 8.82. The number of phenols is 1. The molecule has 0 aliphatic rings. The van der Waals surface area contributed by atoms with E-state index < -0.39 is 90.4 Å². The van der Waals surface area contributed by atoms with E-state index in [1.54, 1.807) is 21.0 Å². The molecular formula is C39H60N4O14. The van der Waals surface area contributed by atoms with Crippen LogP contribution in [0.2, 0.25) is 0 Å². The molecule has 4 amide bonds. The van der Waals surface area contributed by atoms with E-state index in [1.807, 2.05) is 0 Å². The van der Waals surface area contributed by atoms with Crippen molar-refractivity contribution in [1.82, 2.24) is 21.4 Å². The zero-order valence-corrected chi connectivity index (χ0v) is 33.5. The van der Waals surface area contributed by atoms with Crippen molar-refractivity contribution in [2.45, 2.75) is 104 Å². The minimum Gasteiger partial charge on any atom is -0.508 e. The average Bonchev–Trinajstić information content (AvgIpc) is 3.14. The van der Waals surface area contributed by atoms with Crippen molar-refractivity contribution in [2.24, 2.45) is 17.8 Å². The maximum Gasteiger partial charge on any atom is 0.305 e. The summed E-state index contributed by atoms with van der Waals surface area (Å²) in [7, 11) is 1.57. The Hall–Kier alpha value is -4.78. The van der Waals surface area contributed by atoms with Crippen LogP contribution < -0.4 is 21.4 Å². The van der Waals surface area contributed by atoms with Crippen molar-refractivity contribution in [2.75, 3.05) is 40.1 Å². The first-order valence-corrected chi connectivity index (χ1v) is 19.0. The molecule has 1 aromatic rings. The molecule has 0 spiro atoms. The number of ether oxygens (including phenoxy) is 3. The van der Waals surface area contributed by atoms with E-state index in [-0.39, 0.29) is 56.2 Å². The number of carboxylic acid groups (broad SMARTS) is 1. The largest absolute Gasteiger partial charge is 0.508 e. The standard InChI is InChI=1S/C39H60N4O14/c1-24(2)19-29(22-35(48)32(23-37(50)51)41-26(4)44)39(53)42-31(20-27-8-11-30(45)12-9-27)34(47)21-28(10-13-36(49)43-54)38(52)40-25(3)33(46)7-6-14-56-17-18-57-16-15-55-5/h8-9,11-12,24-25,28-29,31-32,45,54H,6-7,10,13-23H2,1-5H3,(H,40,52)(H,41,44)(H,42,53)(H,43,49)(H,50,51)/t25?,28?,29-,31-,32-/m0/s1. The molecule has 2 unspecified atom stereocenters. The molecule has 0 saturated carbocycles. The molecule has 1 aromatic carbocycles. The summed E-state index contributed by atoms with van der Waals surface area (Å²) in [5.74, 6) is -8.17. The smallest absolute Gasteiger partial charge is 0.305 e. The van der Waals surface area contributed by atoms with E-state index in [0.717, 1.165) is 6.92 Å². The lowest BCUT2D eigenvalue weighted by Crippen LogP contribution is -2.48. The molecule has 0 fully saturated rings. The van der Waals surface area contributed by atoms with Gasteiger partial charge in [-0.3, -0.25) is 43.6 Å². The number of amides is 4. The molecule has 0 heterocycles. The third-order valence-corrected chi connectivity index (χ3v) is 8.82. The molecule has 0 aliphatic heterocycles. The van der Waals surface area contributed by atoms with Crippen molar-refractivity contribution < 1.29 is 68.0 Å². The minimum absolute atomic E-state index is 0.0466. The molecule has 1 rings (SSSR count). The average molecular weight is 809 g/mol. The number of nitrogens with one attached hydrogen (secondary N) is 4. The SMILES string of the molecule is COCCOCCOCCCC(=O)C(C)NC(=O)C(CCC(=O)NO)CC(=O)[C@H](Cc1ccc(O)cc1)NC(=O)[C@H](CC(=O)[C@H](CC(=O)O)NC(C)=O)CC(C)C. The lowest BCUT2D eigenvalue weighted by Gasteiger charge is -2.26. The first-order valence-electron chi connectivity index (χ1n) is 19.0. The highest BCUT2D eigenvalue weighted by atomic mass is 16.5. The second-order valence-electron chi connectivity index (χ2n) is 14.2. The van der Waals surface area contributed by atoms with Crippen molar-refractivity contribution in [1.29, 1.82) is 0 Å². The number of hydrogen-bond donors (Lipinski definition) is 7. The van der Waals surface area contributed by atoms with E-state index in [4.69, 9.17) is 19.4 Å². The lowest BCUT2D eigenvalue weighted by molar-refractivity contribution is -0.140. The highest BCUT2D eigenvalue weighted by molar-refractivity contribution is 5.97. The second-order valence-corrected chi connectivity index (χ2v) is 14.2. The molecule has 5 atom stereocenters. The molecule has 18 nitrogen and oxygen atoms in total. The van der Waals surface area contributed by atoms with Crippen LogP contribution in [0.1, 0.15) is 84.6 Å². The van der Waals surface area contributed by atoms with Crippen LogP contribution in [0.15, 0.2) is 24.3 Å². The van der Waals surface area contributed by atoms with Crippen LogP contribution in [0.5, 0.6) is 5.75 Å². The van der Waals surface area contributed by atoms with Gasteiger partial charge in [0.25, 0.3) is 0 Å². The Bertz CT molecular complexity index is 1450. The molecule has 0 bridgehead atoms. The topological polar surface area (TPSA) is 273 Å². The number of hydrogen-bond acceptors (Lipinski definition) is 13. The number of carbonyl (C=O) groups excluding carboxylic acids is 7. The van der Waals surface area contributed by atoms with E-state index in [0.29, 0.717) is 38.4 Å². The molecule has 18 heteroatoms. The van der Waals surface area contributed by atoms with E-state index >= 15 is 0 Å². The van der Waals surface area contributed by atoms with Gasteiger partial charge in [0.05, 0.1) is 51.0 Å². The Labute approximate surface area is 333 Å². The Morgan fingerprint density at radius 3 is 1.86 bits per heavy atom. The van der Waals surface area contributed by atoms with Crippen LogP contribution in [0.4, 0.5) is 0 Å². The maximum atomic E-state index is 14.0. The zero-order chi connectivity index (χ0) is 42.9. The van der Waals surface area contributed by atoms with E-state index in [2.05, 4.69) is 16.0 Å². The van der Waals surface area contributed by atoms with Crippen LogP contribution in [-0.2, 0) is 59.0 Å². The van der Waals surface area contributed by atoms with Gasteiger partial charge in [0.2, 0.25) is 23.6 Å². The number of benzene rings is 1. The number of carbonyl (C=O) groups is 8. The number of aromatic hydroxyl groups is 1. The first kappa shape index (κ1) is 50.2. The number of ketones is 3. The van der Waals surface area contributed by atoms with Gasteiger partial charge in [-0.1, -0.05) is 26.0 Å². The highest BCUT2D eigenvalue weighted by Gasteiger charge is 2.33. The normalized spacial score (nSPS) is 13.7. The van der Waals surface area contributed by atoms with Gasteiger partial charge >= 0.3 is 5.97 Å². The van der Waals surface area contributed by atoms with Gasteiger partial charge in [-0.05, 0) is 56.2 Å². The van der Waals surface area contributed by atoms with Gasteiger partial charge in [-0.15, -0.1) is 0 Å². The Balaban J connectivity index is 3.21.